The van der Waals surface area contributed by atoms with Crippen LogP contribution < -0.4 is 33.8 Å². The molecule has 2 aliphatic rings. The van der Waals surface area contributed by atoms with Crippen LogP contribution in [-0.2, 0) is 9.53 Å². The van der Waals surface area contributed by atoms with Crippen molar-refractivity contribution >= 4 is 39.3 Å². The van der Waals surface area contributed by atoms with Gasteiger partial charge in [-0.2, -0.15) is 0 Å². The fraction of sp³-hybridized carbons (Fsp3) is 0.250. The van der Waals surface area contributed by atoms with Crippen molar-refractivity contribution in [2.24, 2.45) is 4.99 Å². The average molecular weight is 613 g/mol. The number of methoxy groups -OCH3 is 1. The van der Waals surface area contributed by atoms with Gasteiger partial charge in [0.05, 0.1) is 40.0 Å². The van der Waals surface area contributed by atoms with Crippen LogP contribution in [0.25, 0.3) is 6.08 Å². The molecule has 11 heteroatoms. The van der Waals surface area contributed by atoms with Gasteiger partial charge < -0.3 is 23.7 Å². The Balaban J connectivity index is 1.67. The van der Waals surface area contributed by atoms with Gasteiger partial charge in [0.1, 0.15) is 6.61 Å². The van der Waals surface area contributed by atoms with Gasteiger partial charge in [-0.05, 0) is 71.2 Å². The Labute approximate surface area is 236 Å². The number of aromatic nitrogens is 1. The first-order valence-corrected chi connectivity index (χ1v) is 13.7. The summed E-state index contributed by atoms with van der Waals surface area (Å²) in [6.45, 7) is 7.77. The summed E-state index contributed by atoms with van der Waals surface area (Å²) >= 11 is 4.77. The number of hydrogen-bond donors (Lipinski definition) is 0. The maximum atomic E-state index is 13.9. The number of carbonyl (C=O) groups excluding carboxylic acids is 1. The van der Waals surface area contributed by atoms with Crippen molar-refractivity contribution in [3.05, 3.63) is 89.5 Å². The first-order valence-electron chi connectivity index (χ1n) is 12.1. The van der Waals surface area contributed by atoms with Gasteiger partial charge in [0.15, 0.2) is 27.8 Å². The van der Waals surface area contributed by atoms with Gasteiger partial charge in [-0.15, -0.1) is 0 Å². The highest BCUT2D eigenvalue weighted by Crippen LogP contribution is 2.39. The first-order chi connectivity index (χ1) is 18.9. The van der Waals surface area contributed by atoms with Crippen molar-refractivity contribution in [2.45, 2.75) is 19.9 Å². The van der Waals surface area contributed by atoms with Crippen LogP contribution in [0.3, 0.4) is 0 Å². The number of carbonyl (C=O) groups is 1. The lowest BCUT2D eigenvalue weighted by Crippen LogP contribution is -2.39. The van der Waals surface area contributed by atoms with Gasteiger partial charge in [0.25, 0.3) is 5.56 Å². The van der Waals surface area contributed by atoms with E-state index in [9.17, 15) is 9.59 Å². The number of benzene rings is 2. The first kappa shape index (κ1) is 26.8. The van der Waals surface area contributed by atoms with E-state index in [4.69, 9.17) is 23.7 Å². The summed E-state index contributed by atoms with van der Waals surface area (Å²) in [5, 5.41) is 0. The van der Waals surface area contributed by atoms with Crippen molar-refractivity contribution in [3.63, 3.8) is 0 Å². The molecule has 1 aromatic heterocycles. The zero-order chi connectivity index (χ0) is 27.7. The largest absolute Gasteiger partial charge is 0.493 e. The predicted octanol–water partition coefficient (Wildman–Crippen LogP) is 3.86. The van der Waals surface area contributed by atoms with Crippen molar-refractivity contribution in [3.8, 4) is 23.0 Å². The Morgan fingerprint density at radius 2 is 2.08 bits per heavy atom. The second-order valence-corrected chi connectivity index (χ2v) is 10.4. The number of thiazole rings is 1. The summed E-state index contributed by atoms with van der Waals surface area (Å²) in [6, 6.07) is 8.23. The minimum Gasteiger partial charge on any atom is -0.493 e. The highest BCUT2D eigenvalue weighted by molar-refractivity contribution is 9.10. The van der Waals surface area contributed by atoms with Crippen LogP contribution in [0.1, 0.15) is 31.0 Å². The number of nitrogens with zero attached hydrogens (tertiary/aromatic N) is 2. The third-order valence-corrected chi connectivity index (χ3v) is 7.70. The molecule has 3 heterocycles. The van der Waals surface area contributed by atoms with Gasteiger partial charge in [-0.1, -0.05) is 30.1 Å². The number of fused-ring (bicyclic) bond motifs is 2. The Morgan fingerprint density at radius 3 is 2.82 bits per heavy atom. The van der Waals surface area contributed by atoms with Crippen LogP contribution in [0.15, 0.2) is 68.5 Å². The van der Waals surface area contributed by atoms with E-state index in [-0.39, 0.29) is 19.0 Å². The Hall–Kier alpha value is -3.83. The Morgan fingerprint density at radius 1 is 1.28 bits per heavy atom. The molecule has 39 heavy (non-hydrogen) atoms. The molecule has 5 rings (SSSR count). The topological polar surface area (TPSA) is 97.6 Å². The van der Waals surface area contributed by atoms with E-state index in [2.05, 4.69) is 27.5 Å². The van der Waals surface area contributed by atoms with Gasteiger partial charge in [-0.25, -0.2) is 9.79 Å². The van der Waals surface area contributed by atoms with Crippen LogP contribution in [-0.4, -0.2) is 37.7 Å². The van der Waals surface area contributed by atoms with E-state index in [1.807, 2.05) is 12.1 Å². The zero-order valence-corrected chi connectivity index (χ0v) is 23.9. The maximum absolute atomic E-state index is 13.9. The van der Waals surface area contributed by atoms with E-state index in [1.165, 1.54) is 15.9 Å². The van der Waals surface area contributed by atoms with Crippen LogP contribution in [0, 0.1) is 0 Å². The fourth-order valence-electron chi connectivity index (χ4n) is 4.45. The second kappa shape index (κ2) is 11.1. The summed E-state index contributed by atoms with van der Waals surface area (Å²) in [6.07, 6.45) is 3.40. The van der Waals surface area contributed by atoms with Gasteiger partial charge in [0.2, 0.25) is 6.79 Å². The number of ether oxygens (including phenoxy) is 5. The fourth-order valence-corrected chi connectivity index (χ4v) is 6.07. The van der Waals surface area contributed by atoms with Crippen molar-refractivity contribution in [2.75, 3.05) is 27.1 Å². The van der Waals surface area contributed by atoms with E-state index < -0.39 is 12.0 Å². The minimum absolute atomic E-state index is 0.109. The molecule has 2 aliphatic heterocycles. The Bertz CT molecular complexity index is 1690. The smallest absolute Gasteiger partial charge is 0.338 e. The normalized spacial score (nSPS) is 16.0. The van der Waals surface area contributed by atoms with E-state index >= 15 is 0 Å². The maximum Gasteiger partial charge on any atom is 0.338 e. The monoisotopic (exact) mass is 612 g/mol. The van der Waals surface area contributed by atoms with Gasteiger partial charge in [-0.3, -0.25) is 9.36 Å². The van der Waals surface area contributed by atoms with E-state index in [0.717, 1.165) is 5.56 Å². The third kappa shape index (κ3) is 4.99. The van der Waals surface area contributed by atoms with Crippen molar-refractivity contribution < 1.29 is 28.5 Å². The molecule has 202 valence electrons. The molecule has 0 bridgehead atoms. The number of rotatable bonds is 8. The SMILES string of the molecule is C=CCOc1c(Br)cc(/C=c2/sc3n(c2=O)[C@H](c2ccc4c(c2)OCO4)C(C(=O)OCC)=C(C)N=3)cc1OC. The van der Waals surface area contributed by atoms with Crippen LogP contribution in [0.2, 0.25) is 0 Å². The highest BCUT2D eigenvalue weighted by Gasteiger charge is 2.34. The molecule has 3 aromatic rings. The quantitative estimate of drug-likeness (QED) is 0.281. The molecule has 0 radical (unpaired) electrons. The molecule has 0 amide bonds. The molecule has 0 saturated carbocycles. The van der Waals surface area contributed by atoms with Crippen molar-refractivity contribution in [1.82, 2.24) is 4.57 Å². The van der Waals surface area contributed by atoms with Crippen LogP contribution in [0.5, 0.6) is 23.0 Å². The Kier molecular flexibility index (Phi) is 7.62. The third-order valence-electron chi connectivity index (χ3n) is 6.12. The number of esters is 1. The summed E-state index contributed by atoms with van der Waals surface area (Å²) < 4.78 is 30.2. The number of hydrogen-bond acceptors (Lipinski definition) is 9. The predicted molar refractivity (Wildman–Crippen MR) is 149 cm³/mol. The molecule has 0 saturated heterocycles. The lowest BCUT2D eigenvalue weighted by Gasteiger charge is -2.24. The summed E-state index contributed by atoms with van der Waals surface area (Å²) in [5.74, 6) is 1.66. The van der Waals surface area contributed by atoms with Crippen LogP contribution >= 0.6 is 27.3 Å². The van der Waals surface area contributed by atoms with E-state index in [1.54, 1.807) is 51.3 Å². The van der Waals surface area contributed by atoms with Crippen molar-refractivity contribution in [1.29, 1.82) is 0 Å². The number of halogens is 1. The molecule has 0 aliphatic carbocycles. The summed E-state index contributed by atoms with van der Waals surface area (Å²) in [4.78, 5) is 32.1. The lowest BCUT2D eigenvalue weighted by atomic mass is 9.95. The summed E-state index contributed by atoms with van der Waals surface area (Å²) in [5.41, 5.74) is 1.88. The molecular formula is C28H25BrN2O7S. The molecule has 9 nitrogen and oxygen atoms in total. The molecule has 0 spiro atoms. The zero-order valence-electron chi connectivity index (χ0n) is 21.5. The molecular weight excluding hydrogens is 588 g/mol. The van der Waals surface area contributed by atoms with Crippen LogP contribution in [0.4, 0.5) is 0 Å². The van der Waals surface area contributed by atoms with E-state index in [0.29, 0.717) is 60.2 Å². The van der Waals surface area contributed by atoms with Gasteiger partial charge in [0, 0.05) is 0 Å². The highest BCUT2D eigenvalue weighted by atomic mass is 79.9. The lowest BCUT2D eigenvalue weighted by molar-refractivity contribution is -0.139. The standard InChI is InChI=1S/C28H25BrN2O7S/c1-5-9-36-25-18(29)10-16(11-21(25)34-4)12-22-26(32)31-24(17-7-8-19-20(13-17)38-14-37-19)23(27(33)35-6-2)15(3)30-28(31)39-22/h5,7-8,10-13,24H,1,6,9,14H2,2-4H3/b22-12+/t24-/m1/s1. The molecule has 1 atom stereocenters. The second-order valence-electron chi connectivity index (χ2n) is 8.55. The average Bonchev–Trinajstić information content (AvgIpc) is 3.50. The van der Waals surface area contributed by atoms with Gasteiger partial charge >= 0.3 is 5.97 Å². The molecule has 2 aromatic carbocycles. The minimum atomic E-state index is -0.757. The number of allylic oxidation sites excluding steroid dienone is 1. The molecule has 0 N–H and O–H groups in total. The molecule has 0 unspecified atom stereocenters. The summed E-state index contributed by atoms with van der Waals surface area (Å²) in [7, 11) is 1.55. The molecule has 0 fully saturated rings.